The van der Waals surface area contributed by atoms with Crippen LogP contribution in [0.15, 0.2) is 50.5 Å². The van der Waals surface area contributed by atoms with Crippen molar-refractivity contribution in [2.45, 2.75) is 30.6 Å². The van der Waals surface area contributed by atoms with Crippen LogP contribution in [-0.4, -0.2) is 13.4 Å². The highest BCUT2D eigenvalue weighted by Crippen LogP contribution is 2.26. The number of hydrogen-bond acceptors (Lipinski definition) is 4. The maximum Gasteiger partial charge on any atom is 0.417 e. The molecule has 0 atom stereocenters. The van der Waals surface area contributed by atoms with E-state index in [1.54, 1.807) is 24.3 Å². The fourth-order valence-electron chi connectivity index (χ4n) is 3.10. The number of aromatic nitrogens is 1. The van der Waals surface area contributed by atoms with Crippen LogP contribution in [0.3, 0.4) is 0 Å². The zero-order chi connectivity index (χ0) is 16.7. The summed E-state index contributed by atoms with van der Waals surface area (Å²) in [4.78, 5) is 13.9. The molecule has 0 bridgehead atoms. The molecule has 0 fully saturated rings. The molecule has 0 aliphatic heterocycles. The minimum Gasteiger partial charge on any atom is -0.408 e. The van der Waals surface area contributed by atoms with Crippen LogP contribution in [0.2, 0.25) is 0 Å². The minimum absolute atomic E-state index is 0.249. The number of benzene rings is 2. The summed E-state index contributed by atoms with van der Waals surface area (Å²) in [5.74, 6) is -0.570. The number of H-pyrrole nitrogens is 1. The number of anilines is 1. The van der Waals surface area contributed by atoms with Crippen LogP contribution in [0.25, 0.3) is 11.1 Å². The van der Waals surface area contributed by atoms with Crippen LogP contribution >= 0.6 is 0 Å². The molecule has 1 aromatic heterocycles. The van der Waals surface area contributed by atoms with Crippen molar-refractivity contribution in [3.05, 3.63) is 58.1 Å². The van der Waals surface area contributed by atoms with Gasteiger partial charge < -0.3 is 4.42 Å². The Hall–Kier alpha value is -2.54. The highest BCUT2D eigenvalue weighted by Gasteiger charge is 2.18. The number of sulfonamides is 1. The van der Waals surface area contributed by atoms with Gasteiger partial charge in [0.15, 0.2) is 5.58 Å². The van der Waals surface area contributed by atoms with Gasteiger partial charge in [0, 0.05) is 6.07 Å². The zero-order valence-corrected chi connectivity index (χ0v) is 13.7. The van der Waals surface area contributed by atoms with E-state index in [9.17, 15) is 13.2 Å². The molecule has 0 saturated heterocycles. The number of aromatic amines is 1. The molecule has 2 aromatic carbocycles. The molecule has 0 unspecified atom stereocenters. The number of fused-ring (bicyclic) bond motifs is 2. The van der Waals surface area contributed by atoms with Crippen LogP contribution in [-0.2, 0) is 22.9 Å². The summed E-state index contributed by atoms with van der Waals surface area (Å²) in [5.41, 5.74) is 3.53. The van der Waals surface area contributed by atoms with Gasteiger partial charge in [-0.05, 0) is 61.1 Å². The Morgan fingerprint density at radius 3 is 2.62 bits per heavy atom. The van der Waals surface area contributed by atoms with Gasteiger partial charge in [-0.15, -0.1) is 0 Å². The number of aryl methyl sites for hydroxylation is 2. The monoisotopic (exact) mass is 344 g/mol. The van der Waals surface area contributed by atoms with Gasteiger partial charge in [0.05, 0.1) is 16.1 Å². The van der Waals surface area contributed by atoms with Gasteiger partial charge in [-0.2, -0.15) is 0 Å². The van der Waals surface area contributed by atoms with E-state index < -0.39 is 15.8 Å². The molecule has 6 nitrogen and oxygen atoms in total. The molecule has 24 heavy (non-hydrogen) atoms. The van der Waals surface area contributed by atoms with Crippen molar-refractivity contribution in [2.24, 2.45) is 0 Å². The molecule has 0 radical (unpaired) electrons. The van der Waals surface area contributed by atoms with Crippen molar-refractivity contribution in [2.75, 3.05) is 4.72 Å². The molecule has 1 aliphatic carbocycles. The molecule has 0 spiro atoms. The van der Waals surface area contributed by atoms with E-state index in [1.807, 2.05) is 6.07 Å². The van der Waals surface area contributed by atoms with Crippen LogP contribution in [0.1, 0.15) is 24.0 Å². The predicted octanol–water partition coefficient (Wildman–Crippen LogP) is 2.80. The van der Waals surface area contributed by atoms with Crippen LogP contribution < -0.4 is 10.5 Å². The molecule has 4 rings (SSSR count). The van der Waals surface area contributed by atoms with Crippen molar-refractivity contribution in [1.29, 1.82) is 0 Å². The third-order valence-corrected chi connectivity index (χ3v) is 5.68. The Labute approximate surface area is 138 Å². The predicted molar refractivity (Wildman–Crippen MR) is 90.7 cm³/mol. The quantitative estimate of drug-likeness (QED) is 0.764. The van der Waals surface area contributed by atoms with Crippen LogP contribution in [0.5, 0.6) is 0 Å². The summed E-state index contributed by atoms with van der Waals surface area (Å²) in [7, 11) is -3.69. The van der Waals surface area contributed by atoms with Gasteiger partial charge >= 0.3 is 5.76 Å². The lowest BCUT2D eigenvalue weighted by Gasteiger charge is -2.17. The van der Waals surface area contributed by atoms with E-state index in [1.165, 1.54) is 11.6 Å². The number of oxazole rings is 1. The molecule has 3 aromatic rings. The third kappa shape index (κ3) is 2.71. The Morgan fingerprint density at radius 2 is 1.79 bits per heavy atom. The summed E-state index contributed by atoms with van der Waals surface area (Å²) in [6.45, 7) is 0. The van der Waals surface area contributed by atoms with Crippen molar-refractivity contribution in [1.82, 2.24) is 4.98 Å². The minimum atomic E-state index is -3.69. The molecular formula is C17H16N2O4S. The first-order chi connectivity index (χ1) is 11.5. The lowest BCUT2D eigenvalue weighted by Crippen LogP contribution is -2.14. The van der Waals surface area contributed by atoms with Gasteiger partial charge in [0.2, 0.25) is 0 Å². The number of rotatable bonds is 3. The molecule has 1 aliphatic rings. The first-order valence-electron chi connectivity index (χ1n) is 7.79. The Morgan fingerprint density at radius 1 is 1.00 bits per heavy atom. The van der Waals surface area contributed by atoms with Gasteiger partial charge in [-0.1, -0.05) is 6.07 Å². The third-order valence-electron chi connectivity index (χ3n) is 4.30. The lowest BCUT2D eigenvalue weighted by atomic mass is 9.92. The average molecular weight is 344 g/mol. The molecule has 7 heteroatoms. The summed E-state index contributed by atoms with van der Waals surface area (Å²) in [5, 5.41) is 0. The maximum absolute atomic E-state index is 12.6. The van der Waals surface area contributed by atoms with E-state index in [-0.39, 0.29) is 4.90 Å². The van der Waals surface area contributed by atoms with E-state index >= 15 is 0 Å². The first kappa shape index (κ1) is 15.0. The van der Waals surface area contributed by atoms with Crippen molar-refractivity contribution in [3.8, 4) is 0 Å². The van der Waals surface area contributed by atoms with Gasteiger partial charge in [0.1, 0.15) is 0 Å². The summed E-state index contributed by atoms with van der Waals surface area (Å²) in [6.07, 6.45) is 4.16. The fraction of sp³-hybridized carbons (Fsp3) is 0.235. The first-order valence-corrected chi connectivity index (χ1v) is 9.27. The van der Waals surface area contributed by atoms with E-state index in [4.69, 9.17) is 4.42 Å². The Bertz CT molecular complexity index is 1080. The molecule has 2 N–H and O–H groups in total. The lowest BCUT2D eigenvalue weighted by molar-refractivity contribution is 0.555. The normalized spacial score (nSPS) is 14.5. The maximum atomic E-state index is 12.6. The zero-order valence-electron chi connectivity index (χ0n) is 12.8. The number of nitrogens with one attached hydrogen (secondary N) is 2. The second-order valence-corrected chi connectivity index (χ2v) is 7.65. The summed E-state index contributed by atoms with van der Waals surface area (Å²) in [6, 6.07) is 9.97. The molecule has 0 saturated carbocycles. The van der Waals surface area contributed by atoms with E-state index in [0.29, 0.717) is 16.8 Å². The van der Waals surface area contributed by atoms with E-state index in [2.05, 4.69) is 9.71 Å². The van der Waals surface area contributed by atoms with Crippen molar-refractivity contribution < 1.29 is 12.8 Å². The Balaban J connectivity index is 1.67. The van der Waals surface area contributed by atoms with Gasteiger partial charge in [-0.3, -0.25) is 9.71 Å². The average Bonchev–Trinajstić information content (AvgIpc) is 2.93. The van der Waals surface area contributed by atoms with E-state index in [0.717, 1.165) is 31.2 Å². The topological polar surface area (TPSA) is 92.2 Å². The highest BCUT2D eigenvalue weighted by molar-refractivity contribution is 7.92. The molecule has 1 heterocycles. The van der Waals surface area contributed by atoms with Gasteiger partial charge in [0.25, 0.3) is 10.0 Å². The summed E-state index contributed by atoms with van der Waals surface area (Å²) < 4.78 is 32.7. The second-order valence-electron chi connectivity index (χ2n) is 5.97. The summed E-state index contributed by atoms with van der Waals surface area (Å²) >= 11 is 0. The molecule has 0 amide bonds. The Kier molecular flexibility index (Phi) is 3.45. The molecule has 124 valence electrons. The van der Waals surface area contributed by atoms with Gasteiger partial charge in [-0.25, -0.2) is 13.2 Å². The van der Waals surface area contributed by atoms with Crippen molar-refractivity contribution >= 4 is 26.8 Å². The van der Waals surface area contributed by atoms with Crippen LogP contribution in [0.4, 0.5) is 5.69 Å². The smallest absolute Gasteiger partial charge is 0.408 e. The largest absolute Gasteiger partial charge is 0.417 e. The highest BCUT2D eigenvalue weighted by atomic mass is 32.2. The van der Waals surface area contributed by atoms with Crippen LogP contribution in [0, 0.1) is 0 Å². The standard InChI is InChI=1S/C17H16N2O4S/c20-17-18-15-8-6-13(10-16(15)23-17)19-24(21,22)14-7-5-11-3-1-2-4-12(11)9-14/h5-10,19H,1-4H2,(H,18,20). The van der Waals surface area contributed by atoms with Crippen molar-refractivity contribution in [3.63, 3.8) is 0 Å². The molecular weight excluding hydrogens is 328 g/mol. The second kappa shape index (κ2) is 5.52. The fourth-order valence-corrected chi connectivity index (χ4v) is 4.20. The SMILES string of the molecule is O=c1[nH]c2ccc(NS(=O)(=O)c3ccc4c(c3)CCCC4)cc2o1. The number of hydrogen-bond donors (Lipinski definition) is 2.